The van der Waals surface area contributed by atoms with Crippen molar-refractivity contribution in [2.45, 2.75) is 32.4 Å². The number of nitrogens with zero attached hydrogens (tertiary/aromatic N) is 1. The van der Waals surface area contributed by atoms with Crippen LogP contribution in [0, 0.1) is 0 Å². The van der Waals surface area contributed by atoms with Gasteiger partial charge >= 0.3 is 0 Å². The first kappa shape index (κ1) is 11.6. The Hall–Kier alpha value is -0.860. The highest BCUT2D eigenvalue weighted by molar-refractivity contribution is 5.25. The predicted octanol–water partition coefficient (Wildman–Crippen LogP) is 2.21. The highest BCUT2D eigenvalue weighted by atomic mass is 15.2. The normalized spacial score (nSPS) is 17.8. The quantitative estimate of drug-likeness (QED) is 0.833. The van der Waals surface area contributed by atoms with E-state index >= 15 is 0 Å². The van der Waals surface area contributed by atoms with Crippen LogP contribution in [0.4, 0.5) is 0 Å². The molecule has 2 heteroatoms. The van der Waals surface area contributed by atoms with Crippen molar-refractivity contribution in [2.24, 2.45) is 0 Å². The standard InChI is InChI=1S/C14H22N2/c1-11(2)13-6-4-5-12(7-13)8-15-14-9-16(3)10-14/h4-7,11,14-15H,8-10H2,1-3H3. The molecule has 1 fully saturated rings. The Kier molecular flexibility index (Phi) is 3.62. The van der Waals surface area contributed by atoms with Crippen LogP contribution < -0.4 is 5.32 Å². The molecule has 0 atom stereocenters. The van der Waals surface area contributed by atoms with Crippen molar-refractivity contribution >= 4 is 0 Å². The first-order chi connectivity index (χ1) is 7.65. The molecule has 2 nitrogen and oxygen atoms in total. The van der Waals surface area contributed by atoms with Gasteiger partial charge in [0.2, 0.25) is 0 Å². The lowest BCUT2D eigenvalue weighted by Crippen LogP contribution is -2.55. The Bertz CT molecular complexity index is 340. The van der Waals surface area contributed by atoms with Gasteiger partial charge in [-0.2, -0.15) is 0 Å². The smallest absolute Gasteiger partial charge is 0.0325 e. The Morgan fingerprint density at radius 2 is 2.12 bits per heavy atom. The molecule has 0 saturated carbocycles. The van der Waals surface area contributed by atoms with Crippen molar-refractivity contribution < 1.29 is 0 Å². The first-order valence-electron chi connectivity index (χ1n) is 6.16. The lowest BCUT2D eigenvalue weighted by molar-refractivity contribution is 0.161. The van der Waals surface area contributed by atoms with Crippen molar-refractivity contribution in [3.05, 3.63) is 35.4 Å². The average molecular weight is 218 g/mol. The molecule has 1 N–H and O–H groups in total. The van der Waals surface area contributed by atoms with Crippen LogP contribution >= 0.6 is 0 Å². The number of nitrogens with one attached hydrogen (secondary N) is 1. The predicted molar refractivity (Wildman–Crippen MR) is 68.7 cm³/mol. The second kappa shape index (κ2) is 4.98. The third-order valence-electron chi connectivity index (χ3n) is 3.28. The molecule has 0 aromatic heterocycles. The minimum atomic E-state index is 0.620. The van der Waals surface area contributed by atoms with Crippen LogP contribution in [-0.4, -0.2) is 31.1 Å². The van der Waals surface area contributed by atoms with Gasteiger partial charge in [-0.1, -0.05) is 38.1 Å². The van der Waals surface area contributed by atoms with E-state index in [0.29, 0.717) is 12.0 Å². The number of hydrogen-bond acceptors (Lipinski definition) is 2. The van der Waals surface area contributed by atoms with E-state index in [1.807, 2.05) is 0 Å². The number of likely N-dealkylation sites (N-methyl/N-ethyl adjacent to an activating group) is 1. The zero-order chi connectivity index (χ0) is 11.5. The van der Waals surface area contributed by atoms with Crippen molar-refractivity contribution in [3.63, 3.8) is 0 Å². The monoisotopic (exact) mass is 218 g/mol. The molecule has 1 heterocycles. The highest BCUT2D eigenvalue weighted by Gasteiger charge is 2.21. The second-order valence-electron chi connectivity index (χ2n) is 5.20. The largest absolute Gasteiger partial charge is 0.307 e. The number of hydrogen-bond donors (Lipinski definition) is 1. The van der Waals surface area contributed by atoms with Gasteiger partial charge in [-0.25, -0.2) is 0 Å². The third-order valence-corrected chi connectivity index (χ3v) is 3.28. The van der Waals surface area contributed by atoms with Gasteiger partial charge in [-0.3, -0.25) is 0 Å². The summed E-state index contributed by atoms with van der Waals surface area (Å²) in [5.41, 5.74) is 2.84. The molecule has 0 unspecified atom stereocenters. The molecule has 0 spiro atoms. The fourth-order valence-corrected chi connectivity index (χ4v) is 2.15. The van der Waals surface area contributed by atoms with Crippen molar-refractivity contribution in [2.75, 3.05) is 20.1 Å². The van der Waals surface area contributed by atoms with Gasteiger partial charge in [0, 0.05) is 25.7 Å². The van der Waals surface area contributed by atoms with Gasteiger partial charge in [0.15, 0.2) is 0 Å². The van der Waals surface area contributed by atoms with Crippen LogP contribution in [0.3, 0.4) is 0 Å². The van der Waals surface area contributed by atoms with E-state index in [1.165, 1.54) is 24.2 Å². The first-order valence-corrected chi connectivity index (χ1v) is 6.16. The second-order valence-corrected chi connectivity index (χ2v) is 5.20. The highest BCUT2D eigenvalue weighted by Crippen LogP contribution is 2.15. The van der Waals surface area contributed by atoms with Crippen LogP contribution in [0.25, 0.3) is 0 Å². The van der Waals surface area contributed by atoms with E-state index in [2.05, 4.69) is 55.4 Å². The maximum atomic E-state index is 3.59. The minimum absolute atomic E-state index is 0.620. The summed E-state index contributed by atoms with van der Waals surface area (Å²) in [5.74, 6) is 0.620. The molecule has 0 amide bonds. The van der Waals surface area contributed by atoms with Gasteiger partial charge in [0.1, 0.15) is 0 Å². The van der Waals surface area contributed by atoms with Gasteiger partial charge < -0.3 is 10.2 Å². The summed E-state index contributed by atoms with van der Waals surface area (Å²) in [7, 11) is 2.16. The molecule has 1 aliphatic heterocycles. The molecular weight excluding hydrogens is 196 g/mol. The molecule has 0 aliphatic carbocycles. The molecule has 16 heavy (non-hydrogen) atoms. The summed E-state index contributed by atoms with van der Waals surface area (Å²) in [5, 5.41) is 3.59. The molecule has 1 saturated heterocycles. The Labute approximate surface area is 98.7 Å². The maximum Gasteiger partial charge on any atom is 0.0325 e. The fourth-order valence-electron chi connectivity index (χ4n) is 2.15. The van der Waals surface area contributed by atoms with Crippen molar-refractivity contribution in [3.8, 4) is 0 Å². The zero-order valence-corrected chi connectivity index (χ0v) is 10.5. The number of rotatable bonds is 4. The lowest BCUT2D eigenvalue weighted by Gasteiger charge is -2.36. The summed E-state index contributed by atoms with van der Waals surface area (Å²) in [4.78, 5) is 2.34. The van der Waals surface area contributed by atoms with Crippen LogP contribution in [-0.2, 0) is 6.54 Å². The van der Waals surface area contributed by atoms with E-state index in [9.17, 15) is 0 Å². The number of likely N-dealkylation sites (tertiary alicyclic amines) is 1. The van der Waals surface area contributed by atoms with Gasteiger partial charge in [-0.05, 0) is 24.1 Å². The van der Waals surface area contributed by atoms with Crippen LogP contribution in [0.5, 0.6) is 0 Å². The van der Waals surface area contributed by atoms with Crippen molar-refractivity contribution in [1.29, 1.82) is 0 Å². The average Bonchev–Trinajstić information content (AvgIpc) is 2.23. The van der Waals surface area contributed by atoms with E-state index in [-0.39, 0.29) is 0 Å². The van der Waals surface area contributed by atoms with Crippen molar-refractivity contribution in [1.82, 2.24) is 10.2 Å². The summed E-state index contributed by atoms with van der Waals surface area (Å²) in [6, 6.07) is 9.60. The van der Waals surface area contributed by atoms with E-state index in [1.54, 1.807) is 0 Å². The third kappa shape index (κ3) is 2.83. The number of benzene rings is 1. The van der Waals surface area contributed by atoms with Crippen LogP contribution in [0.15, 0.2) is 24.3 Å². The Morgan fingerprint density at radius 1 is 1.38 bits per heavy atom. The topological polar surface area (TPSA) is 15.3 Å². The van der Waals surface area contributed by atoms with E-state index in [4.69, 9.17) is 0 Å². The van der Waals surface area contributed by atoms with E-state index < -0.39 is 0 Å². The summed E-state index contributed by atoms with van der Waals surface area (Å²) < 4.78 is 0. The molecule has 1 aromatic rings. The molecule has 1 aliphatic rings. The maximum absolute atomic E-state index is 3.59. The lowest BCUT2D eigenvalue weighted by atomic mass is 10.0. The van der Waals surface area contributed by atoms with Gasteiger partial charge in [-0.15, -0.1) is 0 Å². The summed E-state index contributed by atoms with van der Waals surface area (Å²) in [6.45, 7) is 7.85. The molecule has 1 aromatic carbocycles. The van der Waals surface area contributed by atoms with Crippen LogP contribution in [0.1, 0.15) is 30.9 Å². The minimum Gasteiger partial charge on any atom is -0.307 e. The molecule has 2 rings (SSSR count). The molecule has 0 bridgehead atoms. The summed E-state index contributed by atoms with van der Waals surface area (Å²) >= 11 is 0. The fraction of sp³-hybridized carbons (Fsp3) is 0.571. The van der Waals surface area contributed by atoms with Gasteiger partial charge in [0.05, 0.1) is 0 Å². The molecule has 88 valence electrons. The molecular formula is C14H22N2. The van der Waals surface area contributed by atoms with E-state index in [0.717, 1.165) is 6.54 Å². The SMILES string of the molecule is CC(C)c1cccc(CNC2CN(C)C2)c1. The Balaban J connectivity index is 1.86. The van der Waals surface area contributed by atoms with Crippen LogP contribution in [0.2, 0.25) is 0 Å². The molecule has 0 radical (unpaired) electrons. The Morgan fingerprint density at radius 3 is 2.75 bits per heavy atom. The zero-order valence-electron chi connectivity index (χ0n) is 10.5. The summed E-state index contributed by atoms with van der Waals surface area (Å²) in [6.07, 6.45) is 0. The van der Waals surface area contributed by atoms with Gasteiger partial charge in [0.25, 0.3) is 0 Å².